The maximum atomic E-state index is 11.4. The van der Waals surface area contributed by atoms with Crippen molar-refractivity contribution in [2.24, 2.45) is 11.8 Å². The molecule has 1 saturated heterocycles. The van der Waals surface area contributed by atoms with Crippen LogP contribution in [0.25, 0.3) is 0 Å². The van der Waals surface area contributed by atoms with E-state index >= 15 is 0 Å². The average molecular weight is 199 g/mol. The fraction of sp³-hybridized carbons (Fsp3) is 0.800. The van der Waals surface area contributed by atoms with Crippen LogP contribution in [-0.2, 0) is 14.3 Å². The van der Waals surface area contributed by atoms with E-state index in [0.717, 1.165) is 6.42 Å². The Morgan fingerprint density at radius 3 is 2.71 bits per heavy atom. The molecule has 4 nitrogen and oxygen atoms in total. The number of carbonyl (C=O) groups excluding carboxylic acids is 2. The molecule has 0 saturated carbocycles. The van der Waals surface area contributed by atoms with Gasteiger partial charge in [-0.3, -0.25) is 9.59 Å². The second kappa shape index (κ2) is 5.10. The summed E-state index contributed by atoms with van der Waals surface area (Å²) in [6.07, 6.45) is 0.766. The van der Waals surface area contributed by atoms with Crippen LogP contribution in [0.5, 0.6) is 0 Å². The van der Waals surface area contributed by atoms with E-state index in [0.29, 0.717) is 13.2 Å². The number of amides is 1. The third-order valence-electron chi connectivity index (χ3n) is 2.38. The number of hydrogen-bond acceptors (Lipinski definition) is 3. The fourth-order valence-electron chi connectivity index (χ4n) is 1.26. The Labute approximate surface area is 84.0 Å². The molecule has 0 radical (unpaired) electrons. The smallest absolute Gasteiger partial charge is 0.225 e. The second-order valence-corrected chi connectivity index (χ2v) is 3.90. The summed E-state index contributed by atoms with van der Waals surface area (Å²) in [5.74, 6) is -0.0705. The number of hydrogen-bond donors (Lipinski definition) is 1. The summed E-state index contributed by atoms with van der Waals surface area (Å²) >= 11 is 0. The number of ether oxygens (including phenoxy) is 1. The lowest BCUT2D eigenvalue weighted by molar-refractivity contribution is -0.128. The number of Topliss-reactive ketones (excluding diaryl/α,β-unsaturated/α-hetero) is 1. The first-order chi connectivity index (χ1) is 6.61. The SMILES string of the molecule is CC(C)C(=O)CNC(=O)C1CCOC1. The molecule has 1 aliphatic heterocycles. The Morgan fingerprint density at radius 1 is 1.50 bits per heavy atom. The van der Waals surface area contributed by atoms with E-state index in [9.17, 15) is 9.59 Å². The van der Waals surface area contributed by atoms with Crippen molar-refractivity contribution < 1.29 is 14.3 Å². The van der Waals surface area contributed by atoms with Crippen molar-refractivity contribution in [3.8, 4) is 0 Å². The summed E-state index contributed by atoms with van der Waals surface area (Å²) in [6.45, 7) is 4.94. The van der Waals surface area contributed by atoms with Crippen LogP contribution in [0.4, 0.5) is 0 Å². The Kier molecular flexibility index (Phi) is 4.07. The zero-order valence-electron chi connectivity index (χ0n) is 8.71. The molecular formula is C10H17NO3. The van der Waals surface area contributed by atoms with Crippen LogP contribution in [0.3, 0.4) is 0 Å². The van der Waals surface area contributed by atoms with Crippen molar-refractivity contribution in [1.82, 2.24) is 5.32 Å². The topological polar surface area (TPSA) is 55.4 Å². The molecule has 4 heteroatoms. The summed E-state index contributed by atoms with van der Waals surface area (Å²) in [5, 5.41) is 2.64. The van der Waals surface area contributed by atoms with Gasteiger partial charge in [0.2, 0.25) is 5.91 Å². The van der Waals surface area contributed by atoms with Crippen LogP contribution in [0.1, 0.15) is 20.3 Å². The summed E-state index contributed by atoms with van der Waals surface area (Å²) < 4.78 is 5.09. The minimum atomic E-state index is -0.0602. The van der Waals surface area contributed by atoms with Gasteiger partial charge in [0.1, 0.15) is 0 Å². The monoisotopic (exact) mass is 199 g/mol. The zero-order valence-corrected chi connectivity index (χ0v) is 8.71. The van der Waals surface area contributed by atoms with Crippen LogP contribution in [-0.4, -0.2) is 31.4 Å². The second-order valence-electron chi connectivity index (χ2n) is 3.90. The molecule has 1 unspecified atom stereocenters. The van der Waals surface area contributed by atoms with Gasteiger partial charge in [-0.1, -0.05) is 13.8 Å². The van der Waals surface area contributed by atoms with Crippen LogP contribution in [0.2, 0.25) is 0 Å². The maximum absolute atomic E-state index is 11.4. The Morgan fingerprint density at radius 2 is 2.21 bits per heavy atom. The quantitative estimate of drug-likeness (QED) is 0.711. The number of nitrogens with one attached hydrogen (secondary N) is 1. The summed E-state index contributed by atoms with van der Waals surface area (Å²) in [4.78, 5) is 22.6. The van der Waals surface area contributed by atoms with Gasteiger partial charge < -0.3 is 10.1 Å². The van der Waals surface area contributed by atoms with Crippen LogP contribution < -0.4 is 5.32 Å². The molecule has 0 aromatic heterocycles. The largest absolute Gasteiger partial charge is 0.381 e. The van der Waals surface area contributed by atoms with Crippen molar-refractivity contribution >= 4 is 11.7 Å². The highest BCUT2D eigenvalue weighted by molar-refractivity contribution is 5.88. The predicted molar refractivity (Wildman–Crippen MR) is 51.8 cm³/mol. The Hall–Kier alpha value is -0.900. The minimum absolute atomic E-state index is 0.0184. The van der Waals surface area contributed by atoms with E-state index in [-0.39, 0.29) is 30.1 Å². The molecule has 1 amide bonds. The van der Waals surface area contributed by atoms with Gasteiger partial charge in [-0.25, -0.2) is 0 Å². The predicted octanol–water partition coefficient (Wildman–Crippen LogP) is 0.364. The molecule has 1 heterocycles. The molecule has 1 fully saturated rings. The van der Waals surface area contributed by atoms with Gasteiger partial charge in [-0.2, -0.15) is 0 Å². The van der Waals surface area contributed by atoms with Crippen LogP contribution >= 0.6 is 0 Å². The van der Waals surface area contributed by atoms with Gasteiger partial charge in [-0.05, 0) is 6.42 Å². The van der Waals surface area contributed by atoms with Gasteiger partial charge in [-0.15, -0.1) is 0 Å². The zero-order chi connectivity index (χ0) is 10.6. The molecule has 1 N–H and O–H groups in total. The number of carbonyl (C=O) groups is 2. The van der Waals surface area contributed by atoms with Crippen molar-refractivity contribution in [2.75, 3.05) is 19.8 Å². The molecule has 0 aliphatic carbocycles. The third kappa shape index (κ3) is 3.10. The number of rotatable bonds is 4. The Balaban J connectivity index is 2.23. The number of ketones is 1. The molecule has 14 heavy (non-hydrogen) atoms. The summed E-state index contributed by atoms with van der Waals surface area (Å²) in [5.41, 5.74) is 0. The lowest BCUT2D eigenvalue weighted by Gasteiger charge is -2.09. The highest BCUT2D eigenvalue weighted by Gasteiger charge is 2.23. The molecule has 0 aromatic rings. The minimum Gasteiger partial charge on any atom is -0.381 e. The standard InChI is InChI=1S/C10H17NO3/c1-7(2)9(12)5-11-10(13)8-3-4-14-6-8/h7-8H,3-6H2,1-2H3,(H,11,13). The first kappa shape index (κ1) is 11.2. The average Bonchev–Trinajstić information content (AvgIpc) is 2.66. The Bertz CT molecular complexity index is 219. The first-order valence-electron chi connectivity index (χ1n) is 4.99. The molecule has 0 bridgehead atoms. The van der Waals surface area contributed by atoms with Crippen molar-refractivity contribution in [3.63, 3.8) is 0 Å². The normalized spacial score (nSPS) is 21.2. The van der Waals surface area contributed by atoms with Gasteiger partial charge >= 0.3 is 0 Å². The van der Waals surface area contributed by atoms with Gasteiger partial charge in [0, 0.05) is 12.5 Å². The highest BCUT2D eigenvalue weighted by Crippen LogP contribution is 2.11. The molecular weight excluding hydrogens is 182 g/mol. The lowest BCUT2D eigenvalue weighted by Crippen LogP contribution is -2.36. The van der Waals surface area contributed by atoms with Gasteiger partial charge in [0.25, 0.3) is 0 Å². The molecule has 80 valence electrons. The lowest BCUT2D eigenvalue weighted by atomic mass is 10.1. The van der Waals surface area contributed by atoms with Crippen molar-refractivity contribution in [2.45, 2.75) is 20.3 Å². The first-order valence-corrected chi connectivity index (χ1v) is 4.99. The summed E-state index contributed by atoms with van der Waals surface area (Å²) in [7, 11) is 0. The van der Waals surface area contributed by atoms with E-state index in [2.05, 4.69) is 5.32 Å². The van der Waals surface area contributed by atoms with E-state index < -0.39 is 0 Å². The molecule has 0 aromatic carbocycles. The molecule has 1 atom stereocenters. The fourth-order valence-corrected chi connectivity index (χ4v) is 1.26. The van der Waals surface area contributed by atoms with Gasteiger partial charge in [0.15, 0.2) is 5.78 Å². The van der Waals surface area contributed by atoms with Crippen molar-refractivity contribution in [1.29, 1.82) is 0 Å². The highest BCUT2D eigenvalue weighted by atomic mass is 16.5. The third-order valence-corrected chi connectivity index (χ3v) is 2.38. The maximum Gasteiger partial charge on any atom is 0.225 e. The van der Waals surface area contributed by atoms with Gasteiger partial charge in [0.05, 0.1) is 19.1 Å². The van der Waals surface area contributed by atoms with Crippen LogP contribution in [0, 0.1) is 11.8 Å². The summed E-state index contributed by atoms with van der Waals surface area (Å²) in [6, 6.07) is 0. The molecule has 1 aliphatic rings. The van der Waals surface area contributed by atoms with E-state index in [1.165, 1.54) is 0 Å². The van der Waals surface area contributed by atoms with E-state index in [1.54, 1.807) is 0 Å². The van der Waals surface area contributed by atoms with Crippen molar-refractivity contribution in [3.05, 3.63) is 0 Å². The van der Waals surface area contributed by atoms with E-state index in [4.69, 9.17) is 4.74 Å². The van der Waals surface area contributed by atoms with Crippen LogP contribution in [0.15, 0.2) is 0 Å². The molecule has 1 rings (SSSR count). The molecule has 0 spiro atoms. The van der Waals surface area contributed by atoms with E-state index in [1.807, 2.05) is 13.8 Å².